The first-order valence-corrected chi connectivity index (χ1v) is 19.3. The summed E-state index contributed by atoms with van der Waals surface area (Å²) >= 11 is 0. The van der Waals surface area contributed by atoms with Crippen LogP contribution < -0.4 is 0 Å². The second-order valence-corrected chi connectivity index (χ2v) is 14.1. The molecule has 0 bridgehead atoms. The summed E-state index contributed by atoms with van der Waals surface area (Å²) in [6.45, 7) is 10.4. The van der Waals surface area contributed by atoms with Crippen LogP contribution in [0.5, 0.6) is 0 Å². The number of fused-ring (bicyclic) bond motifs is 7. The van der Waals surface area contributed by atoms with Gasteiger partial charge in [-0.05, 0) is 72.2 Å². The van der Waals surface area contributed by atoms with Crippen LogP contribution in [0.4, 0.5) is 0 Å². The van der Waals surface area contributed by atoms with Gasteiger partial charge in [-0.3, -0.25) is 14.5 Å². The second kappa shape index (κ2) is 15.4. The number of pyridine rings is 1. The molecule has 0 unspecified atom stereocenters. The lowest BCUT2D eigenvalue weighted by Gasteiger charge is -2.14. The number of rotatable bonds is 10. The maximum Gasteiger partial charge on any atom is 0.235 e. The molecule has 0 atom stereocenters. The first-order valence-electron chi connectivity index (χ1n) is 19.3. The van der Waals surface area contributed by atoms with E-state index in [0.29, 0.717) is 11.6 Å². The van der Waals surface area contributed by atoms with E-state index < -0.39 is 0 Å². The number of benzene rings is 5. The lowest BCUT2D eigenvalue weighted by Crippen LogP contribution is -2.06. The minimum absolute atomic E-state index is 0.535. The molecule has 5 aromatic carbocycles. The molecular formula is C52H40N6. The normalized spacial score (nSPS) is 12.5. The fourth-order valence-corrected chi connectivity index (χ4v) is 7.72. The second-order valence-electron chi connectivity index (χ2n) is 14.1. The van der Waals surface area contributed by atoms with Crippen LogP contribution >= 0.6 is 0 Å². The average molecular weight is 749 g/mol. The van der Waals surface area contributed by atoms with Crippen molar-refractivity contribution in [1.82, 2.24) is 24.1 Å². The molecule has 0 spiro atoms. The topological polar surface area (TPSA) is 60.9 Å². The molecule has 0 aliphatic carbocycles. The van der Waals surface area contributed by atoms with Gasteiger partial charge in [-0.2, -0.15) is 0 Å². The average Bonchev–Trinajstić information content (AvgIpc) is 3.80. The molecule has 58 heavy (non-hydrogen) atoms. The number of nitrogens with zero attached hydrogens (tertiary/aromatic N) is 6. The van der Waals surface area contributed by atoms with E-state index in [1.54, 1.807) is 13.1 Å². The molecule has 278 valence electrons. The Balaban J connectivity index is 1.31. The van der Waals surface area contributed by atoms with Gasteiger partial charge in [-0.15, -0.1) is 0 Å². The summed E-state index contributed by atoms with van der Waals surface area (Å²) in [6.07, 6.45) is 13.5. The quantitative estimate of drug-likeness (QED) is 0.103. The predicted molar refractivity (Wildman–Crippen MR) is 244 cm³/mol. The van der Waals surface area contributed by atoms with Gasteiger partial charge in [-0.25, -0.2) is 9.97 Å². The van der Waals surface area contributed by atoms with E-state index in [-0.39, 0.29) is 0 Å². The molecule has 9 rings (SSSR count). The van der Waals surface area contributed by atoms with Gasteiger partial charge in [-0.1, -0.05) is 141 Å². The number of allylic oxidation sites excluding steroid dienone is 8. The highest BCUT2D eigenvalue weighted by atomic mass is 15.2. The summed E-state index contributed by atoms with van der Waals surface area (Å²) in [6, 6.07) is 48.4. The van der Waals surface area contributed by atoms with Crippen molar-refractivity contribution in [3.05, 3.63) is 212 Å². The van der Waals surface area contributed by atoms with Crippen molar-refractivity contribution in [2.45, 2.75) is 6.92 Å². The first kappa shape index (κ1) is 36.0. The predicted octanol–water partition coefficient (Wildman–Crippen LogP) is 12.6. The van der Waals surface area contributed by atoms with E-state index in [2.05, 4.69) is 136 Å². The molecule has 4 aromatic heterocycles. The lowest BCUT2D eigenvalue weighted by molar-refractivity contribution is 0.982. The Morgan fingerprint density at radius 2 is 1.28 bits per heavy atom. The number of hydrogen-bond acceptors (Lipinski definition) is 4. The smallest absolute Gasteiger partial charge is 0.235 e. The third-order valence-corrected chi connectivity index (χ3v) is 10.5. The molecule has 9 aromatic rings. The largest absolute Gasteiger partial charge is 0.307 e. The molecule has 6 heteroatoms. The van der Waals surface area contributed by atoms with Crippen LogP contribution in [0.1, 0.15) is 23.9 Å². The van der Waals surface area contributed by atoms with Crippen LogP contribution in [0.3, 0.4) is 0 Å². The van der Waals surface area contributed by atoms with Gasteiger partial charge >= 0.3 is 0 Å². The van der Waals surface area contributed by atoms with Gasteiger partial charge in [0.1, 0.15) is 0 Å². The van der Waals surface area contributed by atoms with Gasteiger partial charge in [0.2, 0.25) is 5.95 Å². The Bertz CT molecular complexity index is 3140. The summed E-state index contributed by atoms with van der Waals surface area (Å²) < 4.78 is 4.59. The Morgan fingerprint density at radius 3 is 1.93 bits per heavy atom. The molecule has 0 aliphatic heterocycles. The van der Waals surface area contributed by atoms with E-state index in [1.807, 2.05) is 73.8 Å². The molecule has 6 nitrogen and oxygen atoms in total. The summed E-state index contributed by atoms with van der Waals surface area (Å²) in [4.78, 5) is 20.1. The number of para-hydroxylation sites is 3. The minimum Gasteiger partial charge on any atom is -0.307 e. The Morgan fingerprint density at radius 1 is 0.638 bits per heavy atom. The Kier molecular flexibility index (Phi) is 9.58. The number of aromatic nitrogens is 5. The molecule has 0 N–H and O–H groups in total. The highest BCUT2D eigenvalue weighted by molar-refractivity contribution is 6.23. The summed E-state index contributed by atoms with van der Waals surface area (Å²) in [5, 5.41) is 4.56. The van der Waals surface area contributed by atoms with Gasteiger partial charge in [0, 0.05) is 46.0 Å². The van der Waals surface area contributed by atoms with Crippen LogP contribution in [0.25, 0.3) is 77.7 Å². The third kappa shape index (κ3) is 6.46. The molecule has 0 radical (unpaired) electrons. The van der Waals surface area contributed by atoms with E-state index >= 15 is 0 Å². The van der Waals surface area contributed by atoms with Crippen LogP contribution in [0, 0.1) is 0 Å². The van der Waals surface area contributed by atoms with Crippen molar-refractivity contribution in [3.63, 3.8) is 0 Å². The maximum atomic E-state index is 5.36. The van der Waals surface area contributed by atoms with Crippen LogP contribution in [0.15, 0.2) is 200 Å². The lowest BCUT2D eigenvalue weighted by atomic mass is 10.1. The standard InChI is InChI=1S/C52H40N6/c1-5-6-9-18-35(2)44-32-28-38(34-54-44)47-33-46(36(3)27-31-45(53-4)37-19-10-7-11-20-37)55-52(56-47)58-49-26-17-15-24-41(49)43-30-29-42-40-23-14-16-25-48(40)57(50(42)51(43)58)39-21-12-8-13-22-39/h5-34H,1,3H2,2,4H3/b9-6-,31-27-,35-18+,53-45?. The fraction of sp³-hybridized carbons (Fsp3) is 0.0385. The fourth-order valence-electron chi connectivity index (χ4n) is 7.72. The van der Waals surface area contributed by atoms with Gasteiger partial charge in [0.25, 0.3) is 0 Å². The van der Waals surface area contributed by atoms with Crippen LogP contribution in [0.2, 0.25) is 0 Å². The third-order valence-electron chi connectivity index (χ3n) is 10.5. The SMILES string of the molecule is C=C/C=C\C=C(/C)c1ccc(-c2cc(C(=C)/C=C\C(=NC)c3ccccc3)nc(-n3c4ccccc4c4ccc5c6ccccc6n(-c6ccccc6)c5c43)n2)cn1. The highest BCUT2D eigenvalue weighted by Gasteiger charge is 2.23. The monoisotopic (exact) mass is 748 g/mol. The zero-order chi connectivity index (χ0) is 39.6. The van der Waals surface area contributed by atoms with Gasteiger partial charge in [0.05, 0.1) is 44.9 Å². The number of hydrogen-bond donors (Lipinski definition) is 0. The summed E-state index contributed by atoms with van der Waals surface area (Å²) in [5.74, 6) is 0.535. The first-order chi connectivity index (χ1) is 28.5. The maximum absolute atomic E-state index is 5.36. The minimum atomic E-state index is 0.535. The van der Waals surface area contributed by atoms with Crippen molar-refractivity contribution in [2.24, 2.45) is 4.99 Å². The molecule has 0 saturated heterocycles. The zero-order valence-corrected chi connectivity index (χ0v) is 32.4. The summed E-state index contributed by atoms with van der Waals surface area (Å²) in [5.41, 5.74) is 12.1. The van der Waals surface area contributed by atoms with Crippen molar-refractivity contribution < 1.29 is 0 Å². The van der Waals surface area contributed by atoms with Crippen LogP contribution in [-0.2, 0) is 0 Å². The van der Waals surface area contributed by atoms with Crippen molar-refractivity contribution in [2.75, 3.05) is 7.05 Å². The van der Waals surface area contributed by atoms with E-state index in [4.69, 9.17) is 15.0 Å². The van der Waals surface area contributed by atoms with Gasteiger partial charge < -0.3 is 4.57 Å². The zero-order valence-electron chi connectivity index (χ0n) is 32.4. The van der Waals surface area contributed by atoms with E-state index in [1.165, 1.54) is 5.39 Å². The molecule has 0 saturated carbocycles. The Labute approximate surface area is 337 Å². The molecule has 0 aliphatic rings. The highest BCUT2D eigenvalue weighted by Crippen LogP contribution is 2.41. The molecular weight excluding hydrogens is 709 g/mol. The van der Waals surface area contributed by atoms with Gasteiger partial charge in [0.15, 0.2) is 0 Å². The summed E-state index contributed by atoms with van der Waals surface area (Å²) in [7, 11) is 1.80. The van der Waals surface area contributed by atoms with E-state index in [9.17, 15) is 0 Å². The molecule has 4 heterocycles. The van der Waals surface area contributed by atoms with E-state index in [0.717, 1.165) is 83.3 Å². The molecule has 0 amide bonds. The Hall–Kier alpha value is -7.70. The molecule has 0 fully saturated rings. The van der Waals surface area contributed by atoms with Crippen molar-refractivity contribution in [1.29, 1.82) is 0 Å². The van der Waals surface area contributed by atoms with Crippen LogP contribution in [-0.4, -0.2) is 36.8 Å². The van der Waals surface area contributed by atoms with Crippen molar-refractivity contribution >= 4 is 60.5 Å². The number of aliphatic imine (C=N–C) groups is 1. The van der Waals surface area contributed by atoms with Crippen molar-refractivity contribution in [3.8, 4) is 22.9 Å².